The molecule has 9 heteroatoms. The van der Waals surface area contributed by atoms with Crippen molar-refractivity contribution in [1.82, 2.24) is 10.3 Å². The first-order chi connectivity index (χ1) is 19.0. The maximum absolute atomic E-state index is 13.3. The molecule has 0 spiro atoms. The van der Waals surface area contributed by atoms with Crippen LogP contribution in [-0.2, 0) is 16.1 Å². The van der Waals surface area contributed by atoms with Crippen LogP contribution in [0.2, 0.25) is 0 Å². The van der Waals surface area contributed by atoms with Crippen LogP contribution in [0.1, 0.15) is 70.8 Å². The summed E-state index contributed by atoms with van der Waals surface area (Å²) in [4.78, 5) is 30.6. The summed E-state index contributed by atoms with van der Waals surface area (Å²) < 4.78 is 6.31. The molecule has 1 heterocycles. The minimum atomic E-state index is -1.27. The third-order valence-corrected chi connectivity index (χ3v) is 9.12. The van der Waals surface area contributed by atoms with Gasteiger partial charge in [0.15, 0.2) is 0 Å². The number of rotatable bonds is 13. The van der Waals surface area contributed by atoms with Gasteiger partial charge in [0.1, 0.15) is 0 Å². The van der Waals surface area contributed by atoms with E-state index in [0.717, 1.165) is 22.3 Å². The van der Waals surface area contributed by atoms with Gasteiger partial charge in [0.05, 0.1) is 30.7 Å². The zero-order chi connectivity index (χ0) is 27.6. The molecule has 0 bridgehead atoms. The molecule has 40 heavy (non-hydrogen) atoms. The topological polar surface area (TPSA) is 91.3 Å². The monoisotopic (exact) mass is 572 g/mol. The first kappa shape index (κ1) is 32.4. The Kier molecular flexibility index (Phi) is 13.3. The van der Waals surface area contributed by atoms with Crippen LogP contribution in [0.3, 0.4) is 0 Å². The number of hydrogen-bond acceptors (Lipinski definition) is 7. The Balaban J connectivity index is 0.00000441. The number of thioether (sulfide) groups is 1. The zero-order valence-electron chi connectivity index (χ0n) is 23.7. The molecule has 0 saturated heterocycles. The standard InChI is InChI=1S/C31H38N2O4S2.Li/c1-21-8-6-7-11-24(21)26-16-22(12-13-25(26)30(34)33-28(31(35)36)14-15-38-2)18-37-19-27(29-17-32-20-39-29)23-9-4-3-5-10-23;/h6-8,11-13,16-17,20,23,27-28H,3-5,9-10,14-15,18-19H2,1-2H3,(H,33,34)(H,35,36);/q;+1/p-1/t27?,28-;/m0./s1. The molecular weight excluding hydrogens is 535 g/mol. The van der Waals surface area contributed by atoms with Crippen LogP contribution in [0.15, 0.2) is 54.2 Å². The van der Waals surface area contributed by atoms with Gasteiger partial charge in [-0.1, -0.05) is 49.6 Å². The maximum atomic E-state index is 13.3. The molecule has 1 amide bonds. The average Bonchev–Trinajstić information content (AvgIpc) is 3.48. The molecule has 4 rings (SSSR count). The van der Waals surface area contributed by atoms with Crippen molar-refractivity contribution < 1.29 is 38.3 Å². The van der Waals surface area contributed by atoms with E-state index in [1.807, 2.05) is 61.3 Å². The quantitative estimate of drug-likeness (QED) is 0.317. The largest absolute Gasteiger partial charge is 1.00 e. The molecule has 208 valence electrons. The number of amides is 1. The SMILES string of the molecule is CSCC[C@H](NC(=O)c1ccc(COCC(c2cncs2)C2CCCCC2)cc1-c1ccccc1C)C(=O)[O-].[Li+]. The van der Waals surface area contributed by atoms with E-state index in [-0.39, 0.29) is 18.9 Å². The smallest absolute Gasteiger partial charge is 0.548 e. The second-order valence-electron chi connectivity index (χ2n) is 10.2. The normalized spacial score (nSPS) is 15.2. The molecule has 2 atom stereocenters. The number of carbonyl (C=O) groups excluding carboxylic acids is 2. The number of benzene rings is 2. The number of carboxylic acids is 1. The number of nitrogens with one attached hydrogen (secondary N) is 1. The van der Waals surface area contributed by atoms with E-state index in [9.17, 15) is 14.7 Å². The van der Waals surface area contributed by atoms with Gasteiger partial charge < -0.3 is 20.0 Å². The third kappa shape index (κ3) is 8.71. The number of nitrogens with zero attached hydrogens (tertiary/aromatic N) is 1. The van der Waals surface area contributed by atoms with Crippen LogP contribution >= 0.6 is 23.1 Å². The fraction of sp³-hybridized carbons (Fsp3) is 0.452. The number of carboxylic acid groups (broad SMARTS) is 1. The Labute approximate surface area is 257 Å². The van der Waals surface area contributed by atoms with Crippen LogP contribution in [0.4, 0.5) is 0 Å². The summed E-state index contributed by atoms with van der Waals surface area (Å²) in [6.45, 7) is 3.07. The average molecular weight is 573 g/mol. The third-order valence-electron chi connectivity index (χ3n) is 7.57. The summed E-state index contributed by atoms with van der Waals surface area (Å²) in [5, 5.41) is 14.3. The predicted octanol–water partition coefficient (Wildman–Crippen LogP) is 2.60. The minimum Gasteiger partial charge on any atom is -0.548 e. The molecule has 1 saturated carbocycles. The van der Waals surface area contributed by atoms with Gasteiger partial charge in [-0.05, 0) is 78.5 Å². The van der Waals surface area contributed by atoms with E-state index in [0.29, 0.717) is 42.8 Å². The van der Waals surface area contributed by atoms with Crippen molar-refractivity contribution in [3.63, 3.8) is 0 Å². The van der Waals surface area contributed by atoms with Crippen molar-refractivity contribution in [2.75, 3.05) is 18.6 Å². The van der Waals surface area contributed by atoms with E-state index in [2.05, 4.69) is 10.3 Å². The molecule has 6 nitrogen and oxygen atoms in total. The molecular formula is C31H37LiN2O4S2. The van der Waals surface area contributed by atoms with Crippen LogP contribution in [-0.4, -0.2) is 41.5 Å². The molecule has 1 aromatic heterocycles. The Morgan fingerprint density at radius 2 is 1.93 bits per heavy atom. The van der Waals surface area contributed by atoms with Gasteiger partial charge in [-0.2, -0.15) is 11.8 Å². The molecule has 1 aliphatic carbocycles. The van der Waals surface area contributed by atoms with Crippen LogP contribution in [0, 0.1) is 12.8 Å². The summed E-state index contributed by atoms with van der Waals surface area (Å²) in [6.07, 6.45) is 10.5. The Morgan fingerprint density at radius 3 is 2.60 bits per heavy atom. The number of carbonyl (C=O) groups is 2. The second-order valence-corrected chi connectivity index (χ2v) is 12.1. The van der Waals surface area contributed by atoms with Crippen molar-refractivity contribution in [2.24, 2.45) is 5.92 Å². The molecule has 1 fully saturated rings. The van der Waals surface area contributed by atoms with Crippen molar-refractivity contribution in [3.05, 3.63) is 75.7 Å². The van der Waals surface area contributed by atoms with Gasteiger partial charge >= 0.3 is 18.9 Å². The van der Waals surface area contributed by atoms with Gasteiger partial charge in [0.2, 0.25) is 0 Å². The summed E-state index contributed by atoms with van der Waals surface area (Å²) in [5.74, 6) is -0.104. The molecule has 0 radical (unpaired) electrons. The predicted molar refractivity (Wildman–Crippen MR) is 157 cm³/mol. The fourth-order valence-electron chi connectivity index (χ4n) is 5.40. The van der Waals surface area contributed by atoms with E-state index in [4.69, 9.17) is 4.74 Å². The molecule has 1 unspecified atom stereocenters. The van der Waals surface area contributed by atoms with Crippen LogP contribution < -0.4 is 29.3 Å². The van der Waals surface area contributed by atoms with Gasteiger partial charge in [0, 0.05) is 22.6 Å². The van der Waals surface area contributed by atoms with Gasteiger partial charge in [-0.15, -0.1) is 11.3 Å². The van der Waals surface area contributed by atoms with E-state index >= 15 is 0 Å². The van der Waals surface area contributed by atoms with Gasteiger partial charge in [-0.25, -0.2) is 0 Å². The van der Waals surface area contributed by atoms with E-state index in [1.54, 1.807) is 17.4 Å². The fourth-order valence-corrected chi connectivity index (χ4v) is 6.67. The Morgan fingerprint density at radius 1 is 1.15 bits per heavy atom. The Hall–Kier alpha value is -2.08. The van der Waals surface area contributed by atoms with Crippen molar-refractivity contribution in [2.45, 2.75) is 64.0 Å². The number of aliphatic carboxylic acids is 1. The summed E-state index contributed by atoms with van der Waals surface area (Å²) in [7, 11) is 0. The number of aryl methyl sites for hydroxylation is 1. The number of ether oxygens (including phenoxy) is 1. The first-order valence-corrected chi connectivity index (χ1v) is 15.9. The number of aromatic nitrogens is 1. The molecule has 0 aliphatic heterocycles. The van der Waals surface area contributed by atoms with Crippen LogP contribution in [0.5, 0.6) is 0 Å². The van der Waals surface area contributed by atoms with Gasteiger partial charge in [-0.3, -0.25) is 9.78 Å². The molecule has 2 aromatic carbocycles. The van der Waals surface area contributed by atoms with E-state index < -0.39 is 17.9 Å². The van der Waals surface area contributed by atoms with Crippen molar-refractivity contribution in [3.8, 4) is 11.1 Å². The first-order valence-electron chi connectivity index (χ1n) is 13.6. The van der Waals surface area contributed by atoms with Gasteiger partial charge in [0.25, 0.3) is 5.91 Å². The van der Waals surface area contributed by atoms with Crippen molar-refractivity contribution >= 4 is 35.0 Å². The zero-order valence-corrected chi connectivity index (χ0v) is 25.3. The van der Waals surface area contributed by atoms with E-state index in [1.165, 1.54) is 48.7 Å². The minimum absolute atomic E-state index is 0. The molecule has 1 N–H and O–H groups in total. The summed E-state index contributed by atoms with van der Waals surface area (Å²) in [5.41, 5.74) is 6.04. The molecule has 1 aliphatic rings. The Bertz CT molecular complexity index is 1230. The summed E-state index contributed by atoms with van der Waals surface area (Å²) >= 11 is 3.24. The second kappa shape index (κ2) is 16.4. The number of thiazole rings is 1. The van der Waals surface area contributed by atoms with Crippen LogP contribution in [0.25, 0.3) is 11.1 Å². The summed E-state index contributed by atoms with van der Waals surface area (Å²) in [6, 6.07) is 12.5. The molecule has 3 aromatic rings. The maximum Gasteiger partial charge on any atom is 1.00 e. The number of hydrogen-bond donors (Lipinski definition) is 1. The van der Waals surface area contributed by atoms with Crippen molar-refractivity contribution in [1.29, 1.82) is 0 Å².